The summed E-state index contributed by atoms with van der Waals surface area (Å²) < 4.78 is 25.9. The van der Waals surface area contributed by atoms with Gasteiger partial charge in [0.25, 0.3) is 0 Å². The molecule has 2 aromatic rings. The summed E-state index contributed by atoms with van der Waals surface area (Å²) in [6.45, 7) is 4.06. The minimum absolute atomic E-state index is 0.0186. The van der Waals surface area contributed by atoms with Crippen LogP contribution in [0.25, 0.3) is 0 Å². The van der Waals surface area contributed by atoms with Crippen molar-refractivity contribution >= 4 is 38.9 Å². The van der Waals surface area contributed by atoms with Gasteiger partial charge in [0.2, 0.25) is 15.9 Å². The van der Waals surface area contributed by atoms with E-state index in [0.29, 0.717) is 16.4 Å². The second-order valence-corrected chi connectivity index (χ2v) is 8.64. The van der Waals surface area contributed by atoms with Crippen LogP contribution in [0.2, 0.25) is 5.02 Å². The molecular formula is C19H23ClN2O3S. The molecule has 140 valence electrons. The number of sulfonamides is 1. The fourth-order valence-corrected chi connectivity index (χ4v) is 3.78. The van der Waals surface area contributed by atoms with E-state index in [4.69, 9.17) is 11.6 Å². The highest BCUT2D eigenvalue weighted by Crippen LogP contribution is 2.29. The van der Waals surface area contributed by atoms with Crippen LogP contribution in [0.5, 0.6) is 0 Å². The number of para-hydroxylation sites is 2. The normalized spacial score (nSPS) is 11.4. The summed E-state index contributed by atoms with van der Waals surface area (Å²) in [7, 11) is -3.52. The number of halogens is 1. The largest absolute Gasteiger partial charge is 0.325 e. The molecule has 0 saturated heterocycles. The Morgan fingerprint density at radius 2 is 1.73 bits per heavy atom. The van der Waals surface area contributed by atoms with E-state index in [-0.39, 0.29) is 24.8 Å². The number of hydrogen-bond acceptors (Lipinski definition) is 3. The summed E-state index contributed by atoms with van der Waals surface area (Å²) in [6.07, 6.45) is 1.17. The molecule has 0 radical (unpaired) electrons. The zero-order valence-electron chi connectivity index (χ0n) is 15.1. The fraction of sp³-hybridized carbons (Fsp3) is 0.316. The maximum atomic E-state index is 12.3. The fourth-order valence-electron chi connectivity index (χ4n) is 2.65. The first-order chi connectivity index (χ1) is 12.2. The number of amides is 1. The third-order valence-corrected chi connectivity index (χ3v) is 5.43. The van der Waals surface area contributed by atoms with E-state index in [9.17, 15) is 13.2 Å². The van der Waals surface area contributed by atoms with Gasteiger partial charge in [0, 0.05) is 13.0 Å². The Kier molecular flexibility index (Phi) is 6.67. The van der Waals surface area contributed by atoms with Crippen LogP contribution in [0, 0.1) is 0 Å². The summed E-state index contributed by atoms with van der Waals surface area (Å²) in [6, 6.07) is 14.3. The number of hydrogen-bond donors (Lipinski definition) is 1. The van der Waals surface area contributed by atoms with E-state index in [1.54, 1.807) is 36.4 Å². The average Bonchev–Trinajstić information content (AvgIpc) is 2.56. The van der Waals surface area contributed by atoms with Crippen molar-refractivity contribution in [2.75, 3.05) is 22.4 Å². The number of anilines is 2. The highest BCUT2D eigenvalue weighted by atomic mass is 35.5. The van der Waals surface area contributed by atoms with Gasteiger partial charge < -0.3 is 5.32 Å². The van der Waals surface area contributed by atoms with Crippen molar-refractivity contribution in [3.63, 3.8) is 0 Å². The predicted octanol–water partition coefficient (Wildman–Crippen LogP) is 4.26. The number of carbonyl (C=O) groups is 1. The molecule has 0 spiro atoms. The molecule has 0 atom stereocenters. The zero-order chi connectivity index (χ0) is 19.3. The molecule has 0 heterocycles. The molecule has 0 aliphatic rings. The van der Waals surface area contributed by atoms with Crippen molar-refractivity contribution in [3.8, 4) is 0 Å². The van der Waals surface area contributed by atoms with E-state index in [1.165, 1.54) is 4.31 Å². The molecule has 1 N–H and O–H groups in total. The number of rotatable bonds is 7. The Morgan fingerprint density at radius 1 is 1.12 bits per heavy atom. The summed E-state index contributed by atoms with van der Waals surface area (Å²) in [5.41, 5.74) is 2.03. The minimum atomic E-state index is -3.52. The van der Waals surface area contributed by atoms with Gasteiger partial charge in [0.15, 0.2) is 0 Å². The van der Waals surface area contributed by atoms with Crippen molar-refractivity contribution in [2.45, 2.75) is 26.2 Å². The molecule has 0 fully saturated rings. The van der Waals surface area contributed by atoms with Crippen LogP contribution in [0.4, 0.5) is 11.4 Å². The first kappa shape index (κ1) is 20.3. The number of benzene rings is 2. The van der Waals surface area contributed by atoms with Crippen molar-refractivity contribution in [2.24, 2.45) is 0 Å². The first-order valence-corrected chi connectivity index (χ1v) is 10.5. The van der Waals surface area contributed by atoms with Gasteiger partial charge in [-0.2, -0.15) is 0 Å². The molecule has 0 bridgehead atoms. The van der Waals surface area contributed by atoms with Crippen molar-refractivity contribution in [3.05, 3.63) is 59.1 Å². The SMILES string of the molecule is CC(C)c1ccccc1N(CCC(=O)Nc1ccccc1Cl)S(C)(=O)=O. The van der Waals surface area contributed by atoms with Crippen LogP contribution >= 0.6 is 11.6 Å². The van der Waals surface area contributed by atoms with Gasteiger partial charge in [-0.05, 0) is 29.7 Å². The van der Waals surface area contributed by atoms with Gasteiger partial charge >= 0.3 is 0 Å². The third kappa shape index (κ3) is 5.22. The van der Waals surface area contributed by atoms with Crippen molar-refractivity contribution < 1.29 is 13.2 Å². The predicted molar refractivity (Wildman–Crippen MR) is 107 cm³/mol. The van der Waals surface area contributed by atoms with Crippen molar-refractivity contribution in [1.82, 2.24) is 0 Å². The molecule has 0 unspecified atom stereocenters. The lowest BCUT2D eigenvalue weighted by molar-refractivity contribution is -0.116. The highest BCUT2D eigenvalue weighted by molar-refractivity contribution is 7.92. The third-order valence-electron chi connectivity index (χ3n) is 3.92. The molecule has 0 aliphatic carbocycles. The molecule has 1 amide bonds. The molecule has 5 nitrogen and oxygen atoms in total. The first-order valence-electron chi connectivity index (χ1n) is 8.31. The van der Waals surface area contributed by atoms with Gasteiger partial charge in [-0.25, -0.2) is 8.42 Å². The van der Waals surface area contributed by atoms with Crippen LogP contribution in [0.3, 0.4) is 0 Å². The van der Waals surface area contributed by atoms with Gasteiger partial charge in [-0.15, -0.1) is 0 Å². The second kappa shape index (κ2) is 8.56. The summed E-state index contributed by atoms with van der Waals surface area (Å²) in [4.78, 5) is 12.3. The van der Waals surface area contributed by atoms with Crippen LogP contribution in [-0.2, 0) is 14.8 Å². The Labute approximate surface area is 160 Å². The van der Waals surface area contributed by atoms with Crippen molar-refractivity contribution in [1.29, 1.82) is 0 Å². The Hall–Kier alpha value is -2.05. The Bertz CT molecular complexity index is 882. The van der Waals surface area contributed by atoms with Crippen LogP contribution in [0.1, 0.15) is 31.7 Å². The van der Waals surface area contributed by atoms with Gasteiger partial charge in [0.05, 0.1) is 22.7 Å². The smallest absolute Gasteiger partial charge is 0.232 e. The molecule has 0 saturated carbocycles. The minimum Gasteiger partial charge on any atom is -0.325 e. The molecule has 0 aromatic heterocycles. The van der Waals surface area contributed by atoms with E-state index in [2.05, 4.69) is 5.32 Å². The highest BCUT2D eigenvalue weighted by Gasteiger charge is 2.22. The lowest BCUT2D eigenvalue weighted by Gasteiger charge is -2.26. The standard InChI is InChI=1S/C19H23ClN2O3S/c1-14(2)15-8-4-7-11-18(15)22(26(3,24)25)13-12-19(23)21-17-10-6-5-9-16(17)20/h4-11,14H,12-13H2,1-3H3,(H,21,23). The lowest BCUT2D eigenvalue weighted by Crippen LogP contribution is -2.33. The molecular weight excluding hydrogens is 372 g/mol. The summed E-state index contributed by atoms with van der Waals surface area (Å²) in [5, 5.41) is 3.15. The molecule has 2 rings (SSSR count). The van der Waals surface area contributed by atoms with E-state index in [1.807, 2.05) is 26.0 Å². The van der Waals surface area contributed by atoms with Crippen LogP contribution in [0.15, 0.2) is 48.5 Å². The van der Waals surface area contributed by atoms with Crippen LogP contribution in [-0.4, -0.2) is 27.1 Å². The summed E-state index contributed by atoms with van der Waals surface area (Å²) >= 11 is 6.03. The number of nitrogens with zero attached hydrogens (tertiary/aromatic N) is 1. The van der Waals surface area contributed by atoms with Gasteiger partial charge in [0.1, 0.15) is 0 Å². The Morgan fingerprint density at radius 3 is 2.35 bits per heavy atom. The van der Waals surface area contributed by atoms with E-state index in [0.717, 1.165) is 11.8 Å². The van der Waals surface area contributed by atoms with E-state index < -0.39 is 10.0 Å². The topological polar surface area (TPSA) is 66.5 Å². The van der Waals surface area contributed by atoms with Gasteiger partial charge in [-0.3, -0.25) is 9.10 Å². The molecule has 26 heavy (non-hydrogen) atoms. The Balaban J connectivity index is 2.18. The van der Waals surface area contributed by atoms with Crippen LogP contribution < -0.4 is 9.62 Å². The molecule has 0 aliphatic heterocycles. The number of nitrogens with one attached hydrogen (secondary N) is 1. The number of carbonyl (C=O) groups excluding carboxylic acids is 1. The molecule has 7 heteroatoms. The zero-order valence-corrected chi connectivity index (χ0v) is 16.6. The average molecular weight is 395 g/mol. The van der Waals surface area contributed by atoms with Gasteiger partial charge in [-0.1, -0.05) is 55.8 Å². The quantitative estimate of drug-likeness (QED) is 0.763. The second-order valence-electron chi connectivity index (χ2n) is 6.33. The maximum Gasteiger partial charge on any atom is 0.232 e. The lowest BCUT2D eigenvalue weighted by atomic mass is 10.0. The molecule has 2 aromatic carbocycles. The van der Waals surface area contributed by atoms with E-state index >= 15 is 0 Å². The maximum absolute atomic E-state index is 12.3. The summed E-state index contributed by atoms with van der Waals surface area (Å²) in [5.74, 6) is -0.138. The monoisotopic (exact) mass is 394 g/mol.